The van der Waals surface area contributed by atoms with E-state index in [0.717, 1.165) is 0 Å². The van der Waals surface area contributed by atoms with Gasteiger partial charge in [0.25, 0.3) is 6.10 Å². The number of halogens is 9. The summed E-state index contributed by atoms with van der Waals surface area (Å²) in [7, 11) is 0. The fraction of sp³-hybridized carbons (Fsp3) is 0.786. The SMILES string of the molecule is O=C(OC(C(F)(F)F)C(F)(F)F)C1C2SC3C(OC(=O)C31C(=O)OCC(F)(F)F)C2O. The van der Waals surface area contributed by atoms with Crippen molar-refractivity contribution in [2.45, 2.75) is 47.3 Å². The van der Waals surface area contributed by atoms with Crippen LogP contribution >= 0.6 is 11.8 Å². The molecule has 0 aromatic rings. The summed E-state index contributed by atoms with van der Waals surface area (Å²) in [6.07, 6.45) is -25.4. The Bertz CT molecular complexity index is 780. The Morgan fingerprint density at radius 3 is 2.13 bits per heavy atom. The molecule has 3 saturated heterocycles. The lowest BCUT2D eigenvalue weighted by Gasteiger charge is -2.34. The number of hydrogen-bond acceptors (Lipinski definition) is 8. The Balaban J connectivity index is 1.98. The topological polar surface area (TPSA) is 99.1 Å². The third-order valence-electron chi connectivity index (χ3n) is 4.91. The number of carbonyl (C=O) groups excluding carboxylic acids is 3. The van der Waals surface area contributed by atoms with Crippen LogP contribution in [0.5, 0.6) is 0 Å². The van der Waals surface area contributed by atoms with Gasteiger partial charge in [-0.3, -0.25) is 14.4 Å². The lowest BCUT2D eigenvalue weighted by atomic mass is 9.66. The zero-order chi connectivity index (χ0) is 23.7. The van der Waals surface area contributed by atoms with Gasteiger partial charge in [-0.15, -0.1) is 11.8 Å². The monoisotopic (exact) mass is 492 g/mol. The highest BCUT2D eigenvalue weighted by Crippen LogP contribution is 2.65. The van der Waals surface area contributed by atoms with E-state index >= 15 is 0 Å². The van der Waals surface area contributed by atoms with Gasteiger partial charge in [-0.05, 0) is 0 Å². The van der Waals surface area contributed by atoms with Gasteiger partial charge < -0.3 is 19.3 Å². The van der Waals surface area contributed by atoms with Crippen molar-refractivity contribution in [3.05, 3.63) is 0 Å². The van der Waals surface area contributed by atoms with Crippen LogP contribution in [0.15, 0.2) is 0 Å². The molecule has 0 spiro atoms. The summed E-state index contributed by atoms with van der Waals surface area (Å²) in [6, 6.07) is 0. The van der Waals surface area contributed by atoms with Crippen molar-refractivity contribution in [3.63, 3.8) is 0 Å². The average Bonchev–Trinajstić information content (AvgIpc) is 3.16. The molecule has 3 heterocycles. The Labute approximate surface area is 169 Å². The van der Waals surface area contributed by atoms with Crippen molar-refractivity contribution in [1.29, 1.82) is 0 Å². The minimum absolute atomic E-state index is 0.420. The van der Waals surface area contributed by atoms with E-state index in [0.29, 0.717) is 11.8 Å². The number of thioether (sulfide) groups is 1. The number of aliphatic hydroxyl groups excluding tert-OH is 1. The number of alkyl halides is 9. The van der Waals surface area contributed by atoms with E-state index in [1.165, 1.54) is 0 Å². The maximum Gasteiger partial charge on any atom is 0.434 e. The van der Waals surface area contributed by atoms with Crippen LogP contribution in [0.1, 0.15) is 0 Å². The van der Waals surface area contributed by atoms with Crippen LogP contribution < -0.4 is 0 Å². The maximum atomic E-state index is 12.7. The quantitative estimate of drug-likeness (QED) is 0.273. The lowest BCUT2D eigenvalue weighted by molar-refractivity contribution is -0.315. The summed E-state index contributed by atoms with van der Waals surface area (Å²) < 4.78 is 126. The smallest absolute Gasteiger partial charge is 0.434 e. The molecule has 3 fully saturated rings. The summed E-state index contributed by atoms with van der Waals surface area (Å²) in [5.74, 6) is -8.66. The Morgan fingerprint density at radius 1 is 1.10 bits per heavy atom. The molecule has 0 aromatic heterocycles. The molecular weight excluding hydrogens is 483 g/mol. The van der Waals surface area contributed by atoms with Gasteiger partial charge >= 0.3 is 36.4 Å². The molecule has 3 rings (SSSR count). The minimum Gasteiger partial charge on any atom is -0.457 e. The second-order valence-electron chi connectivity index (χ2n) is 6.82. The fourth-order valence-corrected chi connectivity index (χ4v) is 5.85. The summed E-state index contributed by atoms with van der Waals surface area (Å²) in [5.41, 5.74) is -3.01. The summed E-state index contributed by atoms with van der Waals surface area (Å²) in [5, 5.41) is 6.81. The van der Waals surface area contributed by atoms with Crippen LogP contribution in [0, 0.1) is 11.3 Å². The molecule has 0 amide bonds. The minimum atomic E-state index is -6.14. The van der Waals surface area contributed by atoms with Crippen molar-refractivity contribution in [2.24, 2.45) is 11.3 Å². The molecule has 6 unspecified atom stereocenters. The third kappa shape index (κ3) is 3.68. The van der Waals surface area contributed by atoms with E-state index < -0.39 is 83.2 Å². The first-order valence-electron chi connectivity index (χ1n) is 8.05. The molecule has 31 heavy (non-hydrogen) atoms. The van der Waals surface area contributed by atoms with Crippen molar-refractivity contribution < 1.29 is 73.2 Å². The van der Waals surface area contributed by atoms with Gasteiger partial charge in [-0.2, -0.15) is 39.5 Å². The molecule has 3 aliphatic rings. The number of ether oxygens (including phenoxy) is 3. The normalized spacial score (nSPS) is 34.8. The van der Waals surface area contributed by atoms with Crippen LogP contribution in [-0.4, -0.2) is 77.0 Å². The van der Waals surface area contributed by atoms with Gasteiger partial charge in [-0.1, -0.05) is 0 Å². The zero-order valence-electron chi connectivity index (χ0n) is 14.4. The molecule has 7 nitrogen and oxygen atoms in total. The van der Waals surface area contributed by atoms with Crippen molar-refractivity contribution in [3.8, 4) is 0 Å². The number of carbonyl (C=O) groups is 3. The molecule has 3 aliphatic heterocycles. The molecule has 0 radical (unpaired) electrons. The second-order valence-corrected chi connectivity index (χ2v) is 8.14. The molecule has 2 bridgehead atoms. The molecule has 0 saturated carbocycles. The Kier molecular flexibility index (Phi) is 5.40. The van der Waals surface area contributed by atoms with Gasteiger partial charge in [-0.25, -0.2) is 0 Å². The highest BCUT2D eigenvalue weighted by atomic mass is 32.2. The first-order valence-corrected chi connectivity index (χ1v) is 8.99. The predicted molar refractivity (Wildman–Crippen MR) is 76.0 cm³/mol. The van der Waals surface area contributed by atoms with Crippen molar-refractivity contribution >= 4 is 29.7 Å². The number of aliphatic hydroxyl groups is 1. The summed E-state index contributed by atoms with van der Waals surface area (Å²) >= 11 is 0.420. The Hall–Kier alpha value is -1.91. The number of esters is 3. The van der Waals surface area contributed by atoms with Crippen molar-refractivity contribution in [1.82, 2.24) is 0 Å². The molecule has 6 atom stereocenters. The van der Waals surface area contributed by atoms with E-state index in [1.807, 2.05) is 0 Å². The fourth-order valence-electron chi connectivity index (χ4n) is 3.79. The largest absolute Gasteiger partial charge is 0.457 e. The van der Waals surface area contributed by atoms with E-state index in [-0.39, 0.29) is 0 Å². The van der Waals surface area contributed by atoms with Crippen molar-refractivity contribution in [2.75, 3.05) is 6.61 Å². The zero-order valence-corrected chi connectivity index (χ0v) is 15.2. The summed E-state index contributed by atoms with van der Waals surface area (Å²) in [4.78, 5) is 37.1. The van der Waals surface area contributed by atoms with Crippen LogP contribution in [-0.2, 0) is 28.6 Å². The first kappa shape index (κ1) is 23.7. The molecule has 0 aliphatic carbocycles. The molecule has 1 N–H and O–H groups in total. The Morgan fingerprint density at radius 2 is 1.65 bits per heavy atom. The third-order valence-corrected chi connectivity index (χ3v) is 6.71. The lowest BCUT2D eigenvalue weighted by Crippen LogP contribution is -2.58. The molecule has 0 aromatic carbocycles. The molecular formula is C14H9F9O7S. The summed E-state index contributed by atoms with van der Waals surface area (Å²) in [6.45, 7) is -2.26. The van der Waals surface area contributed by atoms with E-state index in [1.54, 1.807) is 0 Å². The predicted octanol–water partition coefficient (Wildman–Crippen LogP) is 1.51. The van der Waals surface area contributed by atoms with Crippen LogP contribution in [0.4, 0.5) is 39.5 Å². The van der Waals surface area contributed by atoms with Crippen LogP contribution in [0.25, 0.3) is 0 Å². The number of hydrogen-bond donors (Lipinski definition) is 1. The number of rotatable bonds is 4. The highest BCUT2D eigenvalue weighted by molar-refractivity contribution is 8.01. The number of fused-ring (bicyclic) bond motifs is 1. The standard InChI is InChI=1S/C14H9F9O7S/c15-11(16,17)1-28-9(26)12-2(5-3(24)4(6(12)31-5)29-10(12)27)7(25)30-8(13(18,19)20)14(21,22)23/h2-6,8,24H,1H2. The molecule has 17 heteroatoms. The van der Waals surface area contributed by atoms with Gasteiger partial charge in [0.05, 0.1) is 11.2 Å². The highest BCUT2D eigenvalue weighted by Gasteiger charge is 2.82. The van der Waals surface area contributed by atoms with Gasteiger partial charge in [0.1, 0.15) is 12.2 Å². The van der Waals surface area contributed by atoms with E-state index in [4.69, 9.17) is 0 Å². The molecule has 176 valence electrons. The van der Waals surface area contributed by atoms with E-state index in [9.17, 15) is 59.0 Å². The van der Waals surface area contributed by atoms with Gasteiger partial charge in [0.15, 0.2) is 12.0 Å². The van der Waals surface area contributed by atoms with E-state index in [2.05, 4.69) is 14.2 Å². The van der Waals surface area contributed by atoms with Gasteiger partial charge in [0, 0.05) is 5.25 Å². The maximum absolute atomic E-state index is 12.7. The second kappa shape index (κ2) is 7.05. The average molecular weight is 492 g/mol. The van der Waals surface area contributed by atoms with Crippen LogP contribution in [0.2, 0.25) is 0 Å². The first-order chi connectivity index (χ1) is 13.9. The van der Waals surface area contributed by atoms with Crippen LogP contribution in [0.3, 0.4) is 0 Å². The van der Waals surface area contributed by atoms with Gasteiger partial charge in [0.2, 0.25) is 0 Å².